The Morgan fingerprint density at radius 3 is 2.92 bits per heavy atom. The fourth-order valence-corrected chi connectivity index (χ4v) is 1.61. The van der Waals surface area contributed by atoms with Crippen LogP contribution in [0.25, 0.3) is 0 Å². The first-order valence-electron chi connectivity index (χ1n) is 4.33. The molecular formula is C9H12O3. The van der Waals surface area contributed by atoms with Gasteiger partial charge in [0.05, 0.1) is 12.2 Å². The predicted octanol–water partition coefficient (Wildman–Crippen LogP) is 1.39. The molecule has 0 fully saturated rings. The Bertz CT molecular complexity index is 230. The Labute approximate surface area is 71.3 Å². The molecule has 0 saturated carbocycles. The van der Waals surface area contributed by atoms with Gasteiger partial charge in [0.15, 0.2) is 12.6 Å². The maximum Gasteiger partial charge on any atom is 0.188 e. The van der Waals surface area contributed by atoms with E-state index in [0.717, 1.165) is 30.6 Å². The molecule has 0 amide bonds. The van der Waals surface area contributed by atoms with Crippen LogP contribution in [-0.2, 0) is 14.3 Å². The van der Waals surface area contributed by atoms with Gasteiger partial charge in [-0.1, -0.05) is 0 Å². The van der Waals surface area contributed by atoms with Gasteiger partial charge in [0, 0.05) is 12.8 Å². The van der Waals surface area contributed by atoms with Crippen molar-refractivity contribution in [1.29, 1.82) is 0 Å². The van der Waals surface area contributed by atoms with Gasteiger partial charge >= 0.3 is 0 Å². The van der Waals surface area contributed by atoms with E-state index in [1.807, 2.05) is 0 Å². The molecular weight excluding hydrogens is 156 g/mol. The number of ether oxygens (including phenoxy) is 2. The molecule has 0 spiro atoms. The number of allylic oxidation sites excluding steroid dienone is 1. The van der Waals surface area contributed by atoms with Crippen molar-refractivity contribution in [2.75, 3.05) is 13.4 Å². The molecule has 0 N–H and O–H groups in total. The van der Waals surface area contributed by atoms with Gasteiger partial charge in [-0.2, -0.15) is 0 Å². The molecule has 1 heterocycles. The lowest BCUT2D eigenvalue weighted by atomic mass is 10.1. The van der Waals surface area contributed by atoms with Crippen LogP contribution in [0.4, 0.5) is 0 Å². The number of ketones is 1. The minimum Gasteiger partial charge on any atom is -0.471 e. The highest BCUT2D eigenvalue weighted by Gasteiger charge is 2.22. The van der Waals surface area contributed by atoms with E-state index in [2.05, 4.69) is 0 Å². The normalized spacial score (nSPS) is 24.5. The van der Waals surface area contributed by atoms with Crippen molar-refractivity contribution >= 4 is 5.78 Å². The van der Waals surface area contributed by atoms with Gasteiger partial charge in [-0.05, 0) is 12.8 Å². The Morgan fingerprint density at radius 2 is 2.00 bits per heavy atom. The maximum atomic E-state index is 11.4. The third-order valence-corrected chi connectivity index (χ3v) is 2.29. The third-order valence-electron chi connectivity index (χ3n) is 2.29. The van der Waals surface area contributed by atoms with E-state index in [1.165, 1.54) is 0 Å². The predicted molar refractivity (Wildman–Crippen MR) is 42.4 cm³/mol. The highest BCUT2D eigenvalue weighted by atomic mass is 16.7. The van der Waals surface area contributed by atoms with Crippen molar-refractivity contribution in [1.82, 2.24) is 0 Å². The summed E-state index contributed by atoms with van der Waals surface area (Å²) in [7, 11) is 0. The van der Waals surface area contributed by atoms with Gasteiger partial charge in [-0.25, -0.2) is 0 Å². The molecule has 0 radical (unpaired) electrons. The Balaban J connectivity index is 2.24. The SMILES string of the molecule is O=C1CCCCC2=C1COCO2. The van der Waals surface area contributed by atoms with Crippen LogP contribution in [0.3, 0.4) is 0 Å². The monoisotopic (exact) mass is 168 g/mol. The fourth-order valence-electron chi connectivity index (χ4n) is 1.61. The molecule has 3 heteroatoms. The molecule has 3 nitrogen and oxygen atoms in total. The summed E-state index contributed by atoms with van der Waals surface area (Å²) in [6, 6.07) is 0. The van der Waals surface area contributed by atoms with E-state index in [0.29, 0.717) is 19.8 Å². The van der Waals surface area contributed by atoms with E-state index in [-0.39, 0.29) is 5.78 Å². The quantitative estimate of drug-likeness (QED) is 0.548. The Kier molecular flexibility index (Phi) is 2.13. The summed E-state index contributed by atoms with van der Waals surface area (Å²) in [6.07, 6.45) is 3.61. The molecule has 0 aromatic heterocycles. The molecule has 0 bridgehead atoms. The number of hydrogen-bond donors (Lipinski definition) is 0. The second-order valence-corrected chi connectivity index (χ2v) is 3.14. The lowest BCUT2D eigenvalue weighted by Gasteiger charge is -2.18. The zero-order chi connectivity index (χ0) is 8.39. The van der Waals surface area contributed by atoms with Crippen LogP contribution in [0.1, 0.15) is 25.7 Å². The van der Waals surface area contributed by atoms with Gasteiger partial charge in [-0.3, -0.25) is 4.79 Å². The first-order chi connectivity index (χ1) is 5.88. The summed E-state index contributed by atoms with van der Waals surface area (Å²) in [6.45, 7) is 0.764. The molecule has 1 aliphatic carbocycles. The zero-order valence-corrected chi connectivity index (χ0v) is 6.97. The average molecular weight is 168 g/mol. The summed E-state index contributed by atoms with van der Waals surface area (Å²) in [5.41, 5.74) is 0.777. The Hall–Kier alpha value is -0.830. The summed E-state index contributed by atoms with van der Waals surface area (Å²) in [4.78, 5) is 11.4. The van der Waals surface area contributed by atoms with Crippen LogP contribution in [0.5, 0.6) is 0 Å². The van der Waals surface area contributed by atoms with E-state index < -0.39 is 0 Å². The molecule has 1 aliphatic heterocycles. The first-order valence-corrected chi connectivity index (χ1v) is 4.33. The number of carbonyl (C=O) groups excluding carboxylic acids is 1. The lowest BCUT2D eigenvalue weighted by Crippen LogP contribution is -2.18. The zero-order valence-electron chi connectivity index (χ0n) is 6.97. The highest BCUT2D eigenvalue weighted by Crippen LogP contribution is 2.24. The topological polar surface area (TPSA) is 35.5 Å². The molecule has 0 aromatic rings. The highest BCUT2D eigenvalue weighted by molar-refractivity contribution is 5.96. The molecule has 0 atom stereocenters. The number of carbonyl (C=O) groups is 1. The molecule has 2 aliphatic rings. The van der Waals surface area contributed by atoms with E-state index in [4.69, 9.17) is 9.47 Å². The number of Topliss-reactive ketones (excluding diaryl/α,β-unsaturated/α-hetero) is 1. The van der Waals surface area contributed by atoms with Gasteiger partial charge in [0.25, 0.3) is 0 Å². The summed E-state index contributed by atoms with van der Waals surface area (Å²) < 4.78 is 10.3. The summed E-state index contributed by atoms with van der Waals surface area (Å²) >= 11 is 0. The van der Waals surface area contributed by atoms with Gasteiger partial charge in [0.2, 0.25) is 0 Å². The second-order valence-electron chi connectivity index (χ2n) is 3.14. The van der Waals surface area contributed by atoms with E-state index >= 15 is 0 Å². The van der Waals surface area contributed by atoms with Crippen LogP contribution in [0, 0.1) is 0 Å². The molecule has 0 saturated heterocycles. The molecule has 12 heavy (non-hydrogen) atoms. The van der Waals surface area contributed by atoms with Gasteiger partial charge < -0.3 is 9.47 Å². The fraction of sp³-hybridized carbons (Fsp3) is 0.667. The van der Waals surface area contributed by atoms with Crippen LogP contribution < -0.4 is 0 Å². The molecule has 66 valence electrons. The van der Waals surface area contributed by atoms with Gasteiger partial charge in [-0.15, -0.1) is 0 Å². The standard InChI is InChI=1S/C9H12O3/c10-8-3-1-2-4-9-7(8)5-11-6-12-9/h1-6H2. The van der Waals surface area contributed by atoms with Crippen LogP contribution in [-0.4, -0.2) is 19.2 Å². The van der Waals surface area contributed by atoms with Crippen molar-refractivity contribution in [2.24, 2.45) is 0 Å². The van der Waals surface area contributed by atoms with Crippen LogP contribution in [0.2, 0.25) is 0 Å². The van der Waals surface area contributed by atoms with Crippen LogP contribution >= 0.6 is 0 Å². The summed E-state index contributed by atoms with van der Waals surface area (Å²) in [5, 5.41) is 0. The third kappa shape index (κ3) is 1.37. The number of rotatable bonds is 0. The Morgan fingerprint density at radius 1 is 1.17 bits per heavy atom. The average Bonchev–Trinajstić information content (AvgIpc) is 2.29. The van der Waals surface area contributed by atoms with E-state index in [9.17, 15) is 4.79 Å². The van der Waals surface area contributed by atoms with Crippen molar-refractivity contribution in [3.8, 4) is 0 Å². The minimum atomic E-state index is 0.210. The smallest absolute Gasteiger partial charge is 0.188 e. The van der Waals surface area contributed by atoms with Crippen LogP contribution in [0.15, 0.2) is 11.3 Å². The minimum absolute atomic E-state index is 0.210. The van der Waals surface area contributed by atoms with Crippen molar-refractivity contribution in [3.05, 3.63) is 11.3 Å². The molecule has 0 unspecified atom stereocenters. The van der Waals surface area contributed by atoms with Crippen molar-refractivity contribution in [3.63, 3.8) is 0 Å². The van der Waals surface area contributed by atoms with E-state index in [1.54, 1.807) is 0 Å². The largest absolute Gasteiger partial charge is 0.471 e. The maximum absolute atomic E-state index is 11.4. The van der Waals surface area contributed by atoms with Crippen molar-refractivity contribution < 1.29 is 14.3 Å². The second kappa shape index (κ2) is 3.27. The van der Waals surface area contributed by atoms with Gasteiger partial charge in [0.1, 0.15) is 5.76 Å². The first kappa shape index (κ1) is 7.80. The molecule has 0 aromatic carbocycles. The number of hydrogen-bond acceptors (Lipinski definition) is 3. The molecule has 2 rings (SSSR count). The summed E-state index contributed by atoms with van der Waals surface area (Å²) in [5.74, 6) is 1.09. The lowest BCUT2D eigenvalue weighted by molar-refractivity contribution is -0.118. The van der Waals surface area contributed by atoms with Crippen molar-refractivity contribution in [2.45, 2.75) is 25.7 Å².